The van der Waals surface area contributed by atoms with E-state index in [0.717, 1.165) is 38.8 Å². The van der Waals surface area contributed by atoms with Crippen LogP contribution in [0.2, 0.25) is 0 Å². The first-order valence-corrected chi connectivity index (χ1v) is 8.98. The van der Waals surface area contributed by atoms with E-state index in [-0.39, 0.29) is 6.10 Å². The fraction of sp³-hybridized carbons (Fsp3) is 0.381. The van der Waals surface area contributed by atoms with Crippen molar-refractivity contribution in [3.8, 4) is 0 Å². The van der Waals surface area contributed by atoms with E-state index in [9.17, 15) is 4.79 Å². The van der Waals surface area contributed by atoms with Crippen LogP contribution in [0.3, 0.4) is 0 Å². The second-order valence-electron chi connectivity index (χ2n) is 6.74. The molecule has 0 saturated heterocycles. The molecular formula is C21H26N2O2. The van der Waals surface area contributed by atoms with Crippen LogP contribution in [-0.2, 0) is 17.8 Å². The van der Waals surface area contributed by atoms with E-state index >= 15 is 0 Å². The zero-order valence-electron chi connectivity index (χ0n) is 14.5. The van der Waals surface area contributed by atoms with Crippen molar-refractivity contribution in [2.45, 2.75) is 50.9 Å². The third-order valence-corrected chi connectivity index (χ3v) is 4.90. The normalized spacial score (nSPS) is 20.4. The highest BCUT2D eigenvalue weighted by Gasteiger charge is 2.27. The number of carbonyl (C=O) groups is 1. The molecule has 25 heavy (non-hydrogen) atoms. The monoisotopic (exact) mass is 338 g/mol. The second kappa shape index (κ2) is 8.67. The summed E-state index contributed by atoms with van der Waals surface area (Å²) in [4.78, 5) is 13.5. The van der Waals surface area contributed by atoms with E-state index in [2.05, 4.69) is 65.6 Å². The number of carbonyl (C=O) groups excluding carboxylic acids is 1. The van der Waals surface area contributed by atoms with Crippen molar-refractivity contribution in [2.75, 3.05) is 0 Å². The Balaban J connectivity index is 1.67. The van der Waals surface area contributed by atoms with Gasteiger partial charge in [-0.05, 0) is 36.8 Å². The summed E-state index contributed by atoms with van der Waals surface area (Å²) in [5.74, 6) is 0. The molecule has 0 atom stereocenters. The van der Waals surface area contributed by atoms with Crippen molar-refractivity contribution in [2.24, 2.45) is 5.73 Å². The zero-order chi connectivity index (χ0) is 17.5. The highest BCUT2D eigenvalue weighted by molar-refractivity contribution is 5.64. The summed E-state index contributed by atoms with van der Waals surface area (Å²) < 4.78 is 5.18. The van der Waals surface area contributed by atoms with Gasteiger partial charge in [-0.25, -0.2) is 4.79 Å². The smallest absolute Gasteiger partial charge is 0.404 e. The Kier molecular flexibility index (Phi) is 6.07. The molecule has 2 aromatic carbocycles. The van der Waals surface area contributed by atoms with Gasteiger partial charge in [0.15, 0.2) is 0 Å². The van der Waals surface area contributed by atoms with Gasteiger partial charge in [0.1, 0.15) is 6.10 Å². The van der Waals surface area contributed by atoms with Crippen LogP contribution in [0.4, 0.5) is 4.79 Å². The third kappa shape index (κ3) is 5.33. The van der Waals surface area contributed by atoms with E-state index in [0.29, 0.717) is 6.04 Å². The molecule has 1 aliphatic carbocycles. The van der Waals surface area contributed by atoms with Crippen LogP contribution < -0.4 is 5.73 Å². The van der Waals surface area contributed by atoms with E-state index in [1.165, 1.54) is 11.1 Å². The fourth-order valence-corrected chi connectivity index (χ4v) is 3.64. The van der Waals surface area contributed by atoms with Crippen LogP contribution in [0.15, 0.2) is 60.7 Å². The Hall–Kier alpha value is -2.33. The third-order valence-electron chi connectivity index (χ3n) is 4.90. The SMILES string of the molecule is NC(=O)OC1CCC(N(Cc2ccccc2)Cc2ccccc2)CC1. The lowest BCUT2D eigenvalue weighted by Crippen LogP contribution is -2.39. The van der Waals surface area contributed by atoms with Crippen molar-refractivity contribution in [1.82, 2.24) is 4.90 Å². The van der Waals surface area contributed by atoms with E-state index in [1.54, 1.807) is 0 Å². The topological polar surface area (TPSA) is 55.6 Å². The highest BCUT2D eigenvalue weighted by atomic mass is 16.6. The molecule has 4 nitrogen and oxygen atoms in total. The maximum atomic E-state index is 11.0. The summed E-state index contributed by atoms with van der Waals surface area (Å²) in [7, 11) is 0. The average Bonchev–Trinajstić information content (AvgIpc) is 2.63. The van der Waals surface area contributed by atoms with Gasteiger partial charge in [0.05, 0.1) is 0 Å². The van der Waals surface area contributed by atoms with E-state index in [4.69, 9.17) is 10.5 Å². The number of rotatable bonds is 6. The largest absolute Gasteiger partial charge is 0.446 e. The second-order valence-corrected chi connectivity index (χ2v) is 6.74. The first-order chi connectivity index (χ1) is 12.2. The highest BCUT2D eigenvalue weighted by Crippen LogP contribution is 2.27. The minimum absolute atomic E-state index is 0.0240. The van der Waals surface area contributed by atoms with Gasteiger partial charge in [-0.3, -0.25) is 4.90 Å². The Bertz CT molecular complexity index is 611. The molecule has 2 aromatic rings. The van der Waals surface area contributed by atoms with Crippen LogP contribution >= 0.6 is 0 Å². The van der Waals surface area contributed by atoms with Crippen LogP contribution in [0.1, 0.15) is 36.8 Å². The van der Waals surface area contributed by atoms with E-state index in [1.807, 2.05) is 0 Å². The number of benzene rings is 2. The summed E-state index contributed by atoms with van der Waals surface area (Å²) in [5.41, 5.74) is 7.81. The molecule has 0 unspecified atom stereocenters. The Labute approximate surface area is 149 Å². The maximum Gasteiger partial charge on any atom is 0.404 e. The molecule has 0 heterocycles. The van der Waals surface area contributed by atoms with Gasteiger partial charge in [-0.1, -0.05) is 60.7 Å². The summed E-state index contributed by atoms with van der Waals surface area (Å²) in [5, 5.41) is 0. The lowest BCUT2D eigenvalue weighted by Gasteiger charge is -2.36. The average molecular weight is 338 g/mol. The minimum Gasteiger partial charge on any atom is -0.446 e. The van der Waals surface area contributed by atoms with Gasteiger partial charge in [0, 0.05) is 19.1 Å². The van der Waals surface area contributed by atoms with Crippen LogP contribution in [0.5, 0.6) is 0 Å². The van der Waals surface area contributed by atoms with Crippen molar-refractivity contribution in [3.63, 3.8) is 0 Å². The van der Waals surface area contributed by atoms with Crippen LogP contribution in [0, 0.1) is 0 Å². The van der Waals surface area contributed by atoms with Gasteiger partial charge in [0.25, 0.3) is 0 Å². The molecule has 2 N–H and O–H groups in total. The molecule has 0 radical (unpaired) electrons. The molecule has 0 aromatic heterocycles. The summed E-state index contributed by atoms with van der Waals surface area (Å²) in [6.07, 6.45) is 3.13. The predicted octanol–water partition coefficient (Wildman–Crippen LogP) is 4.10. The number of amides is 1. The Morgan fingerprint density at radius 3 is 1.80 bits per heavy atom. The molecule has 1 aliphatic rings. The number of hydrogen-bond acceptors (Lipinski definition) is 3. The van der Waals surface area contributed by atoms with E-state index < -0.39 is 6.09 Å². The Morgan fingerprint density at radius 1 is 0.880 bits per heavy atom. The number of hydrogen-bond donors (Lipinski definition) is 1. The quantitative estimate of drug-likeness (QED) is 0.863. The van der Waals surface area contributed by atoms with Gasteiger partial charge >= 0.3 is 6.09 Å². The molecule has 1 saturated carbocycles. The fourth-order valence-electron chi connectivity index (χ4n) is 3.64. The van der Waals surface area contributed by atoms with Crippen molar-refractivity contribution >= 4 is 6.09 Å². The van der Waals surface area contributed by atoms with Gasteiger partial charge in [-0.2, -0.15) is 0 Å². The number of nitrogens with zero attached hydrogens (tertiary/aromatic N) is 1. The molecule has 1 amide bonds. The lowest BCUT2D eigenvalue weighted by atomic mass is 9.91. The maximum absolute atomic E-state index is 11.0. The first-order valence-electron chi connectivity index (χ1n) is 8.98. The zero-order valence-corrected chi connectivity index (χ0v) is 14.5. The summed E-state index contributed by atoms with van der Waals surface area (Å²) in [6, 6.07) is 21.7. The van der Waals surface area contributed by atoms with Crippen molar-refractivity contribution in [1.29, 1.82) is 0 Å². The minimum atomic E-state index is -0.658. The van der Waals surface area contributed by atoms with Crippen LogP contribution in [-0.4, -0.2) is 23.1 Å². The first kappa shape index (κ1) is 17.5. The molecule has 3 rings (SSSR count). The molecule has 0 bridgehead atoms. The molecule has 4 heteroatoms. The van der Waals surface area contributed by atoms with Crippen molar-refractivity contribution < 1.29 is 9.53 Å². The number of ether oxygens (including phenoxy) is 1. The van der Waals surface area contributed by atoms with Crippen molar-refractivity contribution in [3.05, 3.63) is 71.8 Å². The molecule has 0 aliphatic heterocycles. The van der Waals surface area contributed by atoms with Gasteiger partial charge in [0.2, 0.25) is 0 Å². The van der Waals surface area contributed by atoms with Gasteiger partial charge in [-0.15, -0.1) is 0 Å². The number of nitrogens with two attached hydrogens (primary N) is 1. The van der Waals surface area contributed by atoms with Gasteiger partial charge < -0.3 is 10.5 Å². The molecular weight excluding hydrogens is 312 g/mol. The predicted molar refractivity (Wildman–Crippen MR) is 98.8 cm³/mol. The standard InChI is InChI=1S/C21H26N2O2/c22-21(24)25-20-13-11-19(12-14-20)23(15-17-7-3-1-4-8-17)16-18-9-5-2-6-10-18/h1-10,19-20H,11-16H2,(H2,22,24). The summed E-state index contributed by atoms with van der Waals surface area (Å²) in [6.45, 7) is 1.86. The molecule has 132 valence electrons. The Morgan fingerprint density at radius 2 is 1.36 bits per heavy atom. The molecule has 1 fully saturated rings. The lowest BCUT2D eigenvalue weighted by molar-refractivity contribution is 0.0480. The van der Waals surface area contributed by atoms with Crippen LogP contribution in [0.25, 0.3) is 0 Å². The molecule has 0 spiro atoms. The number of primary amides is 1. The summed E-state index contributed by atoms with van der Waals surface area (Å²) >= 11 is 0.